The van der Waals surface area contributed by atoms with Crippen molar-refractivity contribution < 1.29 is 23.0 Å². The maximum absolute atomic E-state index is 12.6. The van der Waals surface area contributed by atoms with Crippen molar-refractivity contribution in [1.82, 2.24) is 10.3 Å². The van der Waals surface area contributed by atoms with Gasteiger partial charge in [-0.15, -0.1) is 0 Å². The lowest BCUT2D eigenvalue weighted by molar-refractivity contribution is -0.0515. The van der Waals surface area contributed by atoms with Gasteiger partial charge >= 0.3 is 6.61 Å². The van der Waals surface area contributed by atoms with Crippen LogP contribution in [-0.2, 0) is 6.54 Å². The van der Waals surface area contributed by atoms with E-state index in [1.54, 1.807) is 6.07 Å². The summed E-state index contributed by atoms with van der Waals surface area (Å²) in [6, 6.07) is 9.77. The van der Waals surface area contributed by atoms with Crippen LogP contribution < -0.4 is 14.8 Å². The van der Waals surface area contributed by atoms with E-state index < -0.39 is 12.5 Å². The fraction of sp³-hybridized carbons (Fsp3) is 0.250. The Bertz CT molecular complexity index is 693. The molecule has 122 valence electrons. The molecule has 0 fully saturated rings. The number of rotatable bonds is 6. The van der Waals surface area contributed by atoms with E-state index in [1.807, 2.05) is 19.1 Å². The van der Waals surface area contributed by atoms with Crippen LogP contribution in [-0.4, -0.2) is 24.6 Å². The fourth-order valence-corrected chi connectivity index (χ4v) is 2.03. The molecular formula is C16H16F2N2O3. The summed E-state index contributed by atoms with van der Waals surface area (Å²) in [5, 5.41) is 2.63. The van der Waals surface area contributed by atoms with Crippen LogP contribution in [0.5, 0.6) is 11.5 Å². The first-order chi connectivity index (χ1) is 11.0. The molecule has 1 heterocycles. The van der Waals surface area contributed by atoms with Crippen LogP contribution in [0.25, 0.3) is 0 Å². The topological polar surface area (TPSA) is 60.5 Å². The molecule has 0 atom stereocenters. The lowest BCUT2D eigenvalue weighted by atomic mass is 10.1. The molecule has 1 amide bonds. The first-order valence-corrected chi connectivity index (χ1v) is 6.84. The Balaban J connectivity index is 2.18. The number of halogens is 2. The number of hydrogen-bond donors (Lipinski definition) is 1. The molecule has 0 aliphatic rings. The SMILES string of the molecule is COc1cccc(C(=O)NCc2cccc(C)n2)c1OC(F)F. The van der Waals surface area contributed by atoms with Crippen molar-refractivity contribution in [2.45, 2.75) is 20.1 Å². The number of para-hydroxylation sites is 1. The average Bonchev–Trinajstić information content (AvgIpc) is 2.52. The first kappa shape index (κ1) is 16.7. The number of carbonyl (C=O) groups is 1. The Hall–Kier alpha value is -2.70. The summed E-state index contributed by atoms with van der Waals surface area (Å²) in [5.41, 5.74) is 1.45. The molecule has 2 rings (SSSR count). The summed E-state index contributed by atoms with van der Waals surface area (Å²) in [5.74, 6) is -0.783. The maximum Gasteiger partial charge on any atom is 0.387 e. The van der Waals surface area contributed by atoms with Gasteiger partial charge in [0.05, 0.1) is 24.9 Å². The molecule has 0 unspecified atom stereocenters. The molecule has 0 saturated heterocycles. The van der Waals surface area contributed by atoms with E-state index in [0.29, 0.717) is 5.69 Å². The molecular weight excluding hydrogens is 306 g/mol. The monoisotopic (exact) mass is 322 g/mol. The van der Waals surface area contributed by atoms with Gasteiger partial charge in [0.1, 0.15) is 0 Å². The number of aromatic nitrogens is 1. The van der Waals surface area contributed by atoms with E-state index in [1.165, 1.54) is 25.3 Å². The van der Waals surface area contributed by atoms with Crippen LogP contribution in [0.15, 0.2) is 36.4 Å². The summed E-state index contributed by atoms with van der Waals surface area (Å²) in [7, 11) is 1.31. The Morgan fingerprint density at radius 2 is 2.00 bits per heavy atom. The highest BCUT2D eigenvalue weighted by molar-refractivity contribution is 5.97. The number of hydrogen-bond acceptors (Lipinski definition) is 4. The molecule has 0 saturated carbocycles. The molecule has 2 aromatic rings. The van der Waals surface area contributed by atoms with Crippen molar-refractivity contribution in [1.29, 1.82) is 0 Å². The van der Waals surface area contributed by atoms with Crippen LogP contribution >= 0.6 is 0 Å². The highest BCUT2D eigenvalue weighted by Gasteiger charge is 2.20. The number of ether oxygens (including phenoxy) is 2. The third-order valence-electron chi connectivity index (χ3n) is 3.03. The molecule has 23 heavy (non-hydrogen) atoms. The molecule has 0 bridgehead atoms. The number of carbonyl (C=O) groups excluding carboxylic acids is 1. The summed E-state index contributed by atoms with van der Waals surface area (Å²) in [4.78, 5) is 16.5. The lowest BCUT2D eigenvalue weighted by Crippen LogP contribution is -2.24. The smallest absolute Gasteiger partial charge is 0.387 e. The van der Waals surface area contributed by atoms with E-state index in [4.69, 9.17) is 4.74 Å². The van der Waals surface area contributed by atoms with Crippen LogP contribution in [0.4, 0.5) is 8.78 Å². The van der Waals surface area contributed by atoms with E-state index in [0.717, 1.165) is 5.69 Å². The van der Waals surface area contributed by atoms with Crippen molar-refractivity contribution in [2.75, 3.05) is 7.11 Å². The summed E-state index contributed by atoms with van der Waals surface area (Å²) >= 11 is 0. The molecule has 0 aliphatic heterocycles. The van der Waals surface area contributed by atoms with Gasteiger partial charge in [-0.2, -0.15) is 8.78 Å². The summed E-state index contributed by atoms with van der Waals surface area (Å²) in [6.45, 7) is -1.05. The van der Waals surface area contributed by atoms with Gasteiger partial charge < -0.3 is 14.8 Å². The number of amides is 1. The second-order valence-electron chi connectivity index (χ2n) is 4.67. The van der Waals surface area contributed by atoms with Crippen molar-refractivity contribution in [2.24, 2.45) is 0 Å². The zero-order chi connectivity index (χ0) is 16.8. The second-order valence-corrected chi connectivity index (χ2v) is 4.67. The maximum atomic E-state index is 12.6. The van der Waals surface area contributed by atoms with Crippen LogP contribution in [0.2, 0.25) is 0 Å². The summed E-state index contributed by atoms with van der Waals surface area (Å²) < 4.78 is 34.5. The van der Waals surface area contributed by atoms with Crippen molar-refractivity contribution >= 4 is 5.91 Å². The van der Waals surface area contributed by atoms with Gasteiger partial charge in [-0.3, -0.25) is 9.78 Å². The number of aryl methyl sites for hydroxylation is 1. The Morgan fingerprint density at radius 3 is 2.65 bits per heavy atom. The van der Waals surface area contributed by atoms with Crippen LogP contribution in [0, 0.1) is 6.92 Å². The largest absolute Gasteiger partial charge is 0.493 e. The average molecular weight is 322 g/mol. The van der Waals surface area contributed by atoms with Gasteiger partial charge in [0.2, 0.25) is 0 Å². The van der Waals surface area contributed by atoms with E-state index in [-0.39, 0.29) is 23.6 Å². The predicted octanol–water partition coefficient (Wildman–Crippen LogP) is 2.93. The minimum Gasteiger partial charge on any atom is -0.493 e. The number of methoxy groups -OCH3 is 1. The Labute approximate surface area is 132 Å². The molecule has 0 spiro atoms. The quantitative estimate of drug-likeness (QED) is 0.888. The third kappa shape index (κ3) is 4.38. The molecule has 5 nitrogen and oxygen atoms in total. The molecule has 7 heteroatoms. The summed E-state index contributed by atoms with van der Waals surface area (Å²) in [6.07, 6.45) is 0. The predicted molar refractivity (Wildman–Crippen MR) is 79.8 cm³/mol. The lowest BCUT2D eigenvalue weighted by Gasteiger charge is -2.14. The standard InChI is InChI=1S/C16H16F2N2O3/c1-10-5-3-6-11(20-10)9-19-15(21)12-7-4-8-13(22-2)14(12)23-16(17)18/h3-8,16H,9H2,1-2H3,(H,19,21). The van der Waals surface area contributed by atoms with Gasteiger partial charge in [0.25, 0.3) is 5.91 Å². The molecule has 1 N–H and O–H groups in total. The van der Waals surface area contributed by atoms with Crippen molar-refractivity contribution in [3.63, 3.8) is 0 Å². The normalized spacial score (nSPS) is 10.5. The van der Waals surface area contributed by atoms with Gasteiger partial charge in [-0.05, 0) is 31.2 Å². The van der Waals surface area contributed by atoms with Crippen LogP contribution in [0.1, 0.15) is 21.7 Å². The van der Waals surface area contributed by atoms with Crippen LogP contribution in [0.3, 0.4) is 0 Å². The minimum atomic E-state index is -3.06. The van der Waals surface area contributed by atoms with Crippen molar-refractivity contribution in [3.8, 4) is 11.5 Å². The first-order valence-electron chi connectivity index (χ1n) is 6.84. The zero-order valence-electron chi connectivity index (χ0n) is 12.7. The number of benzene rings is 1. The zero-order valence-corrected chi connectivity index (χ0v) is 12.7. The van der Waals surface area contributed by atoms with E-state index >= 15 is 0 Å². The molecule has 0 radical (unpaired) electrons. The minimum absolute atomic E-state index is 0.0303. The highest BCUT2D eigenvalue weighted by Crippen LogP contribution is 2.32. The van der Waals surface area contributed by atoms with Gasteiger partial charge in [0.15, 0.2) is 11.5 Å². The molecule has 1 aromatic carbocycles. The number of pyridine rings is 1. The Kier molecular flexibility index (Phi) is 5.46. The third-order valence-corrected chi connectivity index (χ3v) is 3.03. The fourth-order valence-electron chi connectivity index (χ4n) is 2.03. The van der Waals surface area contributed by atoms with Gasteiger partial charge in [-0.1, -0.05) is 12.1 Å². The number of alkyl halides is 2. The van der Waals surface area contributed by atoms with E-state index in [2.05, 4.69) is 15.0 Å². The molecule has 1 aromatic heterocycles. The Morgan fingerprint density at radius 1 is 1.26 bits per heavy atom. The number of nitrogens with zero attached hydrogens (tertiary/aromatic N) is 1. The molecule has 0 aliphatic carbocycles. The van der Waals surface area contributed by atoms with Crippen molar-refractivity contribution in [3.05, 3.63) is 53.3 Å². The van der Waals surface area contributed by atoms with Gasteiger partial charge in [-0.25, -0.2) is 0 Å². The number of nitrogens with one attached hydrogen (secondary N) is 1. The highest BCUT2D eigenvalue weighted by atomic mass is 19.3. The second kappa shape index (κ2) is 7.53. The van der Waals surface area contributed by atoms with E-state index in [9.17, 15) is 13.6 Å². The van der Waals surface area contributed by atoms with Gasteiger partial charge in [0, 0.05) is 5.69 Å².